The van der Waals surface area contributed by atoms with Crippen molar-refractivity contribution in [2.45, 2.75) is 37.3 Å². The van der Waals surface area contributed by atoms with Gasteiger partial charge in [-0.3, -0.25) is 9.59 Å². The summed E-state index contributed by atoms with van der Waals surface area (Å²) in [5, 5.41) is 26.4. The van der Waals surface area contributed by atoms with Crippen molar-refractivity contribution in [3.63, 3.8) is 0 Å². The van der Waals surface area contributed by atoms with E-state index in [4.69, 9.17) is 10.5 Å². The molecule has 2 aromatic carbocycles. The van der Waals surface area contributed by atoms with Gasteiger partial charge in [0.1, 0.15) is 0 Å². The Morgan fingerprint density at radius 1 is 1.11 bits per heavy atom. The molecule has 192 valence electrons. The number of hydrogen-bond donors (Lipinski definition) is 5. The standard InChI is InChI=1S/C25H36N4O5S/c1-17(2)15-29(35-19-9-10-21(30)23(12-19)34-3)16-22(31)20(11-18-7-5-4-6-8-18)28-25(33)14-27-24(32)13-26/h4-10,12,17,20,22,30-31H,11,13-16,26H2,1-3H3,(H,27,32)(H,28,33)/t20-,22?/m0/s1. The van der Waals surface area contributed by atoms with Crippen molar-refractivity contribution < 1.29 is 24.5 Å². The molecule has 0 aliphatic rings. The highest BCUT2D eigenvalue weighted by Crippen LogP contribution is 2.33. The highest BCUT2D eigenvalue weighted by Gasteiger charge is 2.25. The van der Waals surface area contributed by atoms with Crippen LogP contribution in [0.3, 0.4) is 0 Å². The molecule has 2 aromatic rings. The van der Waals surface area contributed by atoms with E-state index in [-0.39, 0.29) is 25.4 Å². The zero-order chi connectivity index (χ0) is 25.8. The van der Waals surface area contributed by atoms with Crippen LogP contribution in [0.1, 0.15) is 19.4 Å². The van der Waals surface area contributed by atoms with E-state index in [9.17, 15) is 19.8 Å². The van der Waals surface area contributed by atoms with Crippen molar-refractivity contribution in [1.29, 1.82) is 0 Å². The monoisotopic (exact) mass is 504 g/mol. The van der Waals surface area contributed by atoms with Crippen LogP contribution < -0.4 is 21.1 Å². The largest absolute Gasteiger partial charge is 0.504 e. The Kier molecular flexibility index (Phi) is 11.8. The third-order valence-electron chi connectivity index (χ3n) is 5.09. The number of rotatable bonds is 14. The smallest absolute Gasteiger partial charge is 0.239 e. The quantitative estimate of drug-likeness (QED) is 0.244. The first-order chi connectivity index (χ1) is 16.7. The highest BCUT2D eigenvalue weighted by atomic mass is 32.2. The van der Waals surface area contributed by atoms with Crippen LogP contribution in [0.4, 0.5) is 0 Å². The zero-order valence-corrected chi connectivity index (χ0v) is 21.3. The predicted octanol–water partition coefficient (Wildman–Crippen LogP) is 1.53. The summed E-state index contributed by atoms with van der Waals surface area (Å²) in [5.41, 5.74) is 6.25. The van der Waals surface area contributed by atoms with Gasteiger partial charge in [0.25, 0.3) is 0 Å². The Labute approximate surface area is 211 Å². The van der Waals surface area contributed by atoms with Crippen LogP contribution in [-0.2, 0) is 16.0 Å². The molecule has 2 atom stereocenters. The van der Waals surface area contributed by atoms with Gasteiger partial charge in [-0.2, -0.15) is 0 Å². The lowest BCUT2D eigenvalue weighted by molar-refractivity contribution is -0.126. The SMILES string of the molecule is COc1cc(SN(CC(C)C)CC(O)[C@H](Cc2ccccc2)NC(=O)CNC(=O)CN)ccc1O. The summed E-state index contributed by atoms with van der Waals surface area (Å²) in [4.78, 5) is 24.8. The maximum Gasteiger partial charge on any atom is 0.239 e. The number of nitrogens with one attached hydrogen (secondary N) is 2. The first kappa shape index (κ1) is 28.4. The number of nitrogens with two attached hydrogens (primary N) is 1. The molecule has 0 radical (unpaired) electrons. The van der Waals surface area contributed by atoms with Crippen LogP contribution in [0.2, 0.25) is 0 Å². The third kappa shape index (κ3) is 10.2. The fraction of sp³-hybridized carbons (Fsp3) is 0.440. The lowest BCUT2D eigenvalue weighted by Gasteiger charge is -2.30. The van der Waals surface area contributed by atoms with E-state index < -0.39 is 24.0 Å². The van der Waals surface area contributed by atoms with E-state index in [1.165, 1.54) is 19.1 Å². The third-order valence-corrected chi connectivity index (χ3v) is 6.11. The molecule has 2 amide bonds. The average Bonchev–Trinajstić information content (AvgIpc) is 2.83. The van der Waals surface area contributed by atoms with Gasteiger partial charge in [-0.25, -0.2) is 4.31 Å². The highest BCUT2D eigenvalue weighted by molar-refractivity contribution is 7.97. The molecule has 35 heavy (non-hydrogen) atoms. The van der Waals surface area contributed by atoms with Crippen molar-refractivity contribution in [2.24, 2.45) is 11.7 Å². The summed E-state index contributed by atoms with van der Waals surface area (Å²) in [6.45, 7) is 4.71. The Hall–Kier alpha value is -2.79. The molecule has 0 aliphatic heterocycles. The van der Waals surface area contributed by atoms with E-state index in [1.54, 1.807) is 18.2 Å². The molecule has 0 spiro atoms. The van der Waals surface area contributed by atoms with Gasteiger partial charge >= 0.3 is 0 Å². The minimum absolute atomic E-state index is 0.0552. The van der Waals surface area contributed by atoms with E-state index in [0.717, 1.165) is 10.5 Å². The first-order valence-corrected chi connectivity index (χ1v) is 12.3. The summed E-state index contributed by atoms with van der Waals surface area (Å²) in [7, 11) is 1.49. The number of aliphatic hydroxyl groups is 1. The lowest BCUT2D eigenvalue weighted by Crippen LogP contribution is -2.51. The van der Waals surface area contributed by atoms with Crippen LogP contribution in [0.5, 0.6) is 11.5 Å². The molecule has 2 rings (SSSR count). The Morgan fingerprint density at radius 3 is 2.46 bits per heavy atom. The van der Waals surface area contributed by atoms with Crippen molar-refractivity contribution in [2.75, 3.05) is 33.3 Å². The summed E-state index contributed by atoms with van der Waals surface area (Å²) in [6, 6.07) is 14.1. The van der Waals surface area contributed by atoms with E-state index in [1.807, 2.05) is 34.6 Å². The summed E-state index contributed by atoms with van der Waals surface area (Å²) < 4.78 is 7.24. The number of methoxy groups -OCH3 is 1. The van der Waals surface area contributed by atoms with Gasteiger partial charge in [-0.05, 0) is 48.0 Å². The second-order valence-corrected chi connectivity index (χ2v) is 9.75. The number of carbonyl (C=O) groups is 2. The lowest BCUT2D eigenvalue weighted by atomic mass is 10.0. The molecule has 1 unspecified atom stereocenters. The Balaban J connectivity index is 2.16. The minimum Gasteiger partial charge on any atom is -0.504 e. The number of nitrogens with zero attached hydrogens (tertiary/aromatic N) is 1. The molecule has 0 aromatic heterocycles. The van der Waals surface area contributed by atoms with E-state index in [0.29, 0.717) is 24.6 Å². The average molecular weight is 505 g/mol. The fourth-order valence-corrected chi connectivity index (χ4v) is 4.60. The van der Waals surface area contributed by atoms with Crippen LogP contribution >= 0.6 is 11.9 Å². The second kappa shape index (κ2) is 14.6. The predicted molar refractivity (Wildman–Crippen MR) is 137 cm³/mol. The summed E-state index contributed by atoms with van der Waals surface area (Å²) >= 11 is 1.44. The number of hydrogen-bond acceptors (Lipinski definition) is 8. The van der Waals surface area contributed by atoms with Gasteiger partial charge < -0.3 is 31.3 Å². The number of phenolic OH excluding ortho intramolecular Hbond substituents is 1. The fourth-order valence-electron chi connectivity index (χ4n) is 3.42. The van der Waals surface area contributed by atoms with Gasteiger partial charge in [0, 0.05) is 18.0 Å². The van der Waals surface area contributed by atoms with Crippen molar-refractivity contribution in [3.05, 3.63) is 54.1 Å². The van der Waals surface area contributed by atoms with Crippen LogP contribution in [0.25, 0.3) is 0 Å². The van der Waals surface area contributed by atoms with Crippen molar-refractivity contribution in [3.8, 4) is 11.5 Å². The molecule has 0 bridgehead atoms. The van der Waals surface area contributed by atoms with E-state index >= 15 is 0 Å². The van der Waals surface area contributed by atoms with Gasteiger partial charge in [-0.1, -0.05) is 44.2 Å². The topological polar surface area (TPSA) is 137 Å². The number of benzene rings is 2. The number of aromatic hydroxyl groups is 1. The van der Waals surface area contributed by atoms with E-state index in [2.05, 4.69) is 24.5 Å². The normalized spacial score (nSPS) is 12.9. The van der Waals surface area contributed by atoms with Crippen LogP contribution in [-0.4, -0.2) is 71.8 Å². The molecule has 0 aliphatic carbocycles. The van der Waals surface area contributed by atoms with Crippen LogP contribution in [0, 0.1) is 5.92 Å². The minimum atomic E-state index is -0.894. The Bertz CT molecular complexity index is 945. The molecule has 6 N–H and O–H groups in total. The number of amides is 2. The van der Waals surface area contributed by atoms with Crippen molar-refractivity contribution in [1.82, 2.24) is 14.9 Å². The molecule has 0 heterocycles. The Morgan fingerprint density at radius 2 is 1.83 bits per heavy atom. The number of phenols is 1. The summed E-state index contributed by atoms with van der Waals surface area (Å²) in [5.74, 6) is -0.0851. The van der Waals surface area contributed by atoms with Gasteiger partial charge in [0.2, 0.25) is 11.8 Å². The number of aliphatic hydroxyl groups excluding tert-OH is 1. The molecular formula is C25H36N4O5S. The van der Waals surface area contributed by atoms with Gasteiger partial charge in [0.15, 0.2) is 11.5 Å². The number of ether oxygens (including phenoxy) is 1. The zero-order valence-electron chi connectivity index (χ0n) is 20.4. The molecule has 10 heteroatoms. The molecule has 9 nitrogen and oxygen atoms in total. The molecule has 0 saturated carbocycles. The second-order valence-electron chi connectivity index (χ2n) is 8.58. The molecule has 0 fully saturated rings. The number of carbonyl (C=O) groups excluding carboxylic acids is 2. The van der Waals surface area contributed by atoms with Crippen molar-refractivity contribution >= 4 is 23.8 Å². The summed E-state index contributed by atoms with van der Waals surface area (Å²) in [6.07, 6.45) is -0.471. The van der Waals surface area contributed by atoms with Crippen LogP contribution in [0.15, 0.2) is 53.4 Å². The van der Waals surface area contributed by atoms with Gasteiger partial charge in [-0.15, -0.1) is 0 Å². The first-order valence-electron chi connectivity index (χ1n) is 11.5. The maximum atomic E-state index is 12.5. The molecule has 0 saturated heterocycles. The van der Waals surface area contributed by atoms with Gasteiger partial charge in [0.05, 0.1) is 32.3 Å². The molecular weight excluding hydrogens is 468 g/mol. The maximum absolute atomic E-state index is 12.5.